The van der Waals surface area contributed by atoms with Crippen molar-refractivity contribution in [2.45, 2.75) is 75.6 Å². The van der Waals surface area contributed by atoms with Gasteiger partial charge in [-0.1, -0.05) is 6.42 Å². The molecular formula is C17H30FNO2. The van der Waals surface area contributed by atoms with Gasteiger partial charge in [-0.15, -0.1) is 0 Å². The standard InChI is InChI=1S/C17H30FNO2/c1-16(18,13-15-4-2-3-8-19-15)14-5-9-21-17(12-14)6-10-20-11-7-17/h14-15,19H,2-13H2,1H3. The Morgan fingerprint density at radius 3 is 2.71 bits per heavy atom. The lowest BCUT2D eigenvalue weighted by molar-refractivity contribution is -0.163. The van der Waals surface area contributed by atoms with Crippen LogP contribution < -0.4 is 5.32 Å². The zero-order valence-electron chi connectivity index (χ0n) is 13.3. The predicted octanol–water partition coefficient (Wildman–Crippen LogP) is 3.22. The summed E-state index contributed by atoms with van der Waals surface area (Å²) in [7, 11) is 0. The van der Waals surface area contributed by atoms with E-state index in [1.54, 1.807) is 0 Å². The van der Waals surface area contributed by atoms with Crippen molar-refractivity contribution in [2.75, 3.05) is 26.4 Å². The molecule has 3 aliphatic rings. The van der Waals surface area contributed by atoms with Crippen molar-refractivity contribution >= 4 is 0 Å². The predicted molar refractivity (Wildman–Crippen MR) is 81.2 cm³/mol. The molecule has 21 heavy (non-hydrogen) atoms. The highest BCUT2D eigenvalue weighted by atomic mass is 19.1. The van der Waals surface area contributed by atoms with Crippen molar-refractivity contribution in [3.63, 3.8) is 0 Å². The molecule has 0 aromatic heterocycles. The topological polar surface area (TPSA) is 30.5 Å². The van der Waals surface area contributed by atoms with Gasteiger partial charge in [0.15, 0.2) is 0 Å². The lowest BCUT2D eigenvalue weighted by Crippen LogP contribution is -2.50. The molecule has 3 nitrogen and oxygen atoms in total. The number of nitrogens with one attached hydrogen (secondary N) is 1. The number of hydrogen-bond acceptors (Lipinski definition) is 3. The molecule has 0 aromatic rings. The molecule has 3 heterocycles. The Hall–Kier alpha value is -0.190. The molecule has 1 spiro atoms. The van der Waals surface area contributed by atoms with Crippen LogP contribution in [0.3, 0.4) is 0 Å². The van der Waals surface area contributed by atoms with E-state index in [1.165, 1.54) is 12.8 Å². The quantitative estimate of drug-likeness (QED) is 0.868. The number of piperidine rings is 1. The highest BCUT2D eigenvalue weighted by molar-refractivity contribution is 4.97. The number of rotatable bonds is 3. The smallest absolute Gasteiger partial charge is 0.112 e. The van der Waals surface area contributed by atoms with Gasteiger partial charge in [0, 0.05) is 25.9 Å². The van der Waals surface area contributed by atoms with Crippen LogP contribution in [0.15, 0.2) is 0 Å². The number of hydrogen-bond donors (Lipinski definition) is 1. The lowest BCUT2D eigenvalue weighted by atomic mass is 9.72. The largest absolute Gasteiger partial charge is 0.381 e. The van der Waals surface area contributed by atoms with Gasteiger partial charge in [0.1, 0.15) is 5.67 Å². The molecule has 3 atom stereocenters. The molecule has 0 aromatic carbocycles. The van der Waals surface area contributed by atoms with Gasteiger partial charge < -0.3 is 14.8 Å². The van der Waals surface area contributed by atoms with Gasteiger partial charge in [0.05, 0.1) is 5.60 Å². The second-order valence-corrected chi connectivity index (χ2v) is 7.46. The van der Waals surface area contributed by atoms with Crippen molar-refractivity contribution < 1.29 is 13.9 Å². The highest BCUT2D eigenvalue weighted by Crippen LogP contribution is 2.44. The molecule has 3 unspecified atom stereocenters. The molecule has 4 heteroatoms. The first-order valence-corrected chi connectivity index (χ1v) is 8.74. The number of halogens is 1. The molecule has 0 radical (unpaired) electrons. The Kier molecular flexibility index (Phi) is 4.87. The fourth-order valence-electron chi connectivity index (χ4n) is 4.38. The number of ether oxygens (including phenoxy) is 2. The van der Waals surface area contributed by atoms with Crippen LogP contribution in [0.2, 0.25) is 0 Å². The molecule has 0 saturated carbocycles. The minimum Gasteiger partial charge on any atom is -0.381 e. The van der Waals surface area contributed by atoms with Gasteiger partial charge in [-0.3, -0.25) is 0 Å². The average molecular weight is 299 g/mol. The van der Waals surface area contributed by atoms with Crippen LogP contribution >= 0.6 is 0 Å². The Bertz CT molecular complexity index is 330. The van der Waals surface area contributed by atoms with Crippen molar-refractivity contribution in [1.29, 1.82) is 0 Å². The Balaban J connectivity index is 1.60. The molecular weight excluding hydrogens is 269 g/mol. The van der Waals surface area contributed by atoms with E-state index in [2.05, 4.69) is 5.32 Å². The Morgan fingerprint density at radius 2 is 2.00 bits per heavy atom. The molecule has 122 valence electrons. The molecule has 3 aliphatic heterocycles. The highest BCUT2D eigenvalue weighted by Gasteiger charge is 2.46. The summed E-state index contributed by atoms with van der Waals surface area (Å²) >= 11 is 0. The van der Waals surface area contributed by atoms with Gasteiger partial charge in [-0.25, -0.2) is 4.39 Å². The maximum Gasteiger partial charge on any atom is 0.112 e. The van der Waals surface area contributed by atoms with E-state index < -0.39 is 5.67 Å². The Labute approximate surface area is 128 Å². The van der Waals surface area contributed by atoms with Crippen LogP contribution in [0.1, 0.15) is 58.3 Å². The van der Waals surface area contributed by atoms with E-state index >= 15 is 4.39 Å². The van der Waals surface area contributed by atoms with Crippen LogP contribution in [-0.2, 0) is 9.47 Å². The van der Waals surface area contributed by atoms with E-state index in [9.17, 15) is 0 Å². The van der Waals surface area contributed by atoms with Crippen molar-refractivity contribution in [1.82, 2.24) is 5.32 Å². The minimum absolute atomic E-state index is 0.103. The van der Waals surface area contributed by atoms with Crippen LogP contribution in [0, 0.1) is 5.92 Å². The summed E-state index contributed by atoms with van der Waals surface area (Å²) in [5, 5.41) is 3.49. The van der Waals surface area contributed by atoms with Crippen LogP contribution in [0.4, 0.5) is 4.39 Å². The molecule has 0 bridgehead atoms. The fourth-order valence-corrected chi connectivity index (χ4v) is 4.38. The van der Waals surface area contributed by atoms with E-state index in [4.69, 9.17) is 9.47 Å². The zero-order chi connectivity index (χ0) is 14.8. The normalized spacial score (nSPS) is 36.3. The first kappa shape index (κ1) is 15.7. The summed E-state index contributed by atoms with van der Waals surface area (Å²) < 4.78 is 26.9. The number of alkyl halides is 1. The van der Waals surface area contributed by atoms with E-state index in [0.29, 0.717) is 19.1 Å². The third-order valence-electron chi connectivity index (χ3n) is 5.81. The lowest BCUT2D eigenvalue weighted by Gasteiger charge is -2.47. The van der Waals surface area contributed by atoms with E-state index in [-0.39, 0.29) is 11.5 Å². The van der Waals surface area contributed by atoms with Crippen molar-refractivity contribution in [3.8, 4) is 0 Å². The summed E-state index contributed by atoms with van der Waals surface area (Å²) in [6, 6.07) is 0.363. The first-order valence-electron chi connectivity index (χ1n) is 8.74. The maximum atomic E-state index is 15.4. The molecule has 3 saturated heterocycles. The SMILES string of the molecule is CC(F)(CC1CCCCN1)C1CCOC2(CCOCC2)C1. The van der Waals surface area contributed by atoms with Crippen LogP contribution in [0.25, 0.3) is 0 Å². The van der Waals surface area contributed by atoms with Crippen molar-refractivity contribution in [2.24, 2.45) is 5.92 Å². The minimum atomic E-state index is -1.08. The van der Waals surface area contributed by atoms with Crippen LogP contribution in [0.5, 0.6) is 0 Å². The monoisotopic (exact) mass is 299 g/mol. The molecule has 3 fully saturated rings. The third kappa shape index (κ3) is 3.77. The molecule has 0 aliphatic carbocycles. The van der Waals surface area contributed by atoms with Gasteiger partial charge >= 0.3 is 0 Å². The third-order valence-corrected chi connectivity index (χ3v) is 5.81. The molecule has 0 amide bonds. The van der Waals surface area contributed by atoms with E-state index in [1.807, 2.05) is 6.92 Å². The second kappa shape index (κ2) is 6.51. The summed E-state index contributed by atoms with van der Waals surface area (Å²) in [5.74, 6) is 0.132. The summed E-state index contributed by atoms with van der Waals surface area (Å²) in [5.41, 5.74) is -1.18. The first-order chi connectivity index (χ1) is 10.1. The van der Waals surface area contributed by atoms with Gasteiger partial charge in [-0.2, -0.15) is 0 Å². The fraction of sp³-hybridized carbons (Fsp3) is 1.00. The summed E-state index contributed by atoms with van der Waals surface area (Å²) in [6.45, 7) is 5.12. The molecule has 1 N–H and O–H groups in total. The van der Waals surface area contributed by atoms with Gasteiger partial charge in [0.2, 0.25) is 0 Å². The van der Waals surface area contributed by atoms with Gasteiger partial charge in [-0.05, 0) is 64.3 Å². The molecule has 3 rings (SSSR count). The van der Waals surface area contributed by atoms with Crippen molar-refractivity contribution in [3.05, 3.63) is 0 Å². The maximum absolute atomic E-state index is 15.4. The summed E-state index contributed by atoms with van der Waals surface area (Å²) in [4.78, 5) is 0. The summed E-state index contributed by atoms with van der Waals surface area (Å²) in [6.07, 6.45) is 7.86. The van der Waals surface area contributed by atoms with Gasteiger partial charge in [0.25, 0.3) is 0 Å². The second-order valence-electron chi connectivity index (χ2n) is 7.46. The van der Waals surface area contributed by atoms with Crippen LogP contribution in [-0.4, -0.2) is 43.7 Å². The van der Waals surface area contributed by atoms with E-state index in [0.717, 1.165) is 51.9 Å². The Morgan fingerprint density at radius 1 is 1.19 bits per heavy atom. The zero-order valence-corrected chi connectivity index (χ0v) is 13.3. The average Bonchev–Trinajstić information content (AvgIpc) is 2.49.